The van der Waals surface area contributed by atoms with Gasteiger partial charge >= 0.3 is 19.6 Å². The number of halogens is 1. The predicted molar refractivity (Wildman–Crippen MR) is 167 cm³/mol. The van der Waals surface area contributed by atoms with Gasteiger partial charge in [0, 0.05) is 25.4 Å². The average Bonchev–Trinajstić information content (AvgIpc) is 3.40. The van der Waals surface area contributed by atoms with Crippen LogP contribution in [-0.2, 0) is 25.0 Å². The molecular weight excluding hydrogens is 583 g/mol. The van der Waals surface area contributed by atoms with Crippen LogP contribution in [0.2, 0.25) is 0 Å². The van der Waals surface area contributed by atoms with Crippen molar-refractivity contribution in [2.24, 2.45) is 0 Å². The first kappa shape index (κ1) is 37.8. The summed E-state index contributed by atoms with van der Waals surface area (Å²) < 4.78 is 32.7. The zero-order chi connectivity index (χ0) is 31.4. The van der Waals surface area contributed by atoms with E-state index in [0.29, 0.717) is 38.2 Å². The molecule has 0 aliphatic carbocycles. The van der Waals surface area contributed by atoms with Crippen LogP contribution in [0.1, 0.15) is 97.7 Å². The largest absolute Gasteiger partial charge is 0.481 e. The molecule has 0 fully saturated rings. The Kier molecular flexibility index (Phi) is 19.3. The van der Waals surface area contributed by atoms with Crippen LogP contribution in [0.3, 0.4) is 0 Å². The molecule has 1 rings (SSSR count). The van der Waals surface area contributed by atoms with Gasteiger partial charge in [-0.2, -0.15) is 0 Å². The van der Waals surface area contributed by atoms with Gasteiger partial charge in [0.05, 0.1) is 12.7 Å². The quantitative estimate of drug-likeness (QED) is 0.0296. The monoisotopic (exact) mass is 630 g/mol. The van der Waals surface area contributed by atoms with Gasteiger partial charge < -0.3 is 9.52 Å². The molecule has 1 atom stereocenters. The van der Waals surface area contributed by atoms with Crippen LogP contribution in [-0.4, -0.2) is 46.2 Å². The number of alkyl halides is 1. The van der Waals surface area contributed by atoms with Gasteiger partial charge in [0.25, 0.3) is 0 Å². The number of carboxylic acids is 1. The normalized spacial score (nSPS) is 13.8. The van der Waals surface area contributed by atoms with Crippen LogP contribution in [0.15, 0.2) is 51.5 Å². The highest BCUT2D eigenvalue weighted by atomic mass is 35.5. The van der Waals surface area contributed by atoms with Crippen molar-refractivity contribution in [1.29, 1.82) is 0 Å². The fourth-order valence-corrected chi connectivity index (χ4v) is 5.91. The van der Waals surface area contributed by atoms with E-state index in [9.17, 15) is 19.5 Å². The predicted octanol–water partition coefficient (Wildman–Crippen LogP) is 9.21. The van der Waals surface area contributed by atoms with Gasteiger partial charge in [0.1, 0.15) is 17.3 Å². The Morgan fingerprint density at radius 3 is 2.21 bits per heavy atom. The standard InChI is InChI=1S/C30H48ClN2O8P/c1-25(2)12-10-13-26(3)14-11-15-27(4)19-23-39-42(38,40-24-28-17-18-29(41-28)33(36)37)32(21-8-5-7-20-31)22-9-6-16-30(34)35/h12,14,17-19H,5-11,13,15-16,20-24H2,1-4H3,(H,34,35)/b26-14+,27-19+. The Hall–Kier alpha value is -2.23. The number of aliphatic carboxylic acids is 1. The first-order chi connectivity index (χ1) is 20.0. The lowest BCUT2D eigenvalue weighted by Gasteiger charge is -2.30. The molecule has 0 radical (unpaired) electrons. The van der Waals surface area contributed by atoms with Crippen molar-refractivity contribution in [1.82, 2.24) is 4.67 Å². The summed E-state index contributed by atoms with van der Waals surface area (Å²) in [4.78, 5) is 21.3. The zero-order valence-electron chi connectivity index (χ0n) is 25.5. The Morgan fingerprint density at radius 2 is 1.62 bits per heavy atom. The van der Waals surface area contributed by atoms with E-state index in [1.165, 1.54) is 23.3 Å². The summed E-state index contributed by atoms with van der Waals surface area (Å²) in [6.45, 7) is 8.82. The first-order valence-corrected chi connectivity index (χ1v) is 16.6. The molecule has 238 valence electrons. The van der Waals surface area contributed by atoms with Crippen molar-refractivity contribution in [2.45, 2.75) is 98.5 Å². The second kappa shape index (κ2) is 21.5. The number of nitrogens with zero attached hydrogens (tertiary/aromatic N) is 2. The fourth-order valence-electron chi connectivity index (χ4n) is 3.99. The lowest BCUT2D eigenvalue weighted by Crippen LogP contribution is -2.26. The molecule has 0 saturated carbocycles. The minimum absolute atomic E-state index is 0.00691. The third kappa shape index (κ3) is 17.0. The molecule has 0 saturated heterocycles. The summed E-state index contributed by atoms with van der Waals surface area (Å²) in [5.41, 5.74) is 3.76. The summed E-state index contributed by atoms with van der Waals surface area (Å²) in [5, 5.41) is 20.0. The highest BCUT2D eigenvalue weighted by Crippen LogP contribution is 2.53. The topological polar surface area (TPSA) is 132 Å². The summed E-state index contributed by atoms with van der Waals surface area (Å²) in [6, 6.07) is 2.61. The Bertz CT molecular complexity index is 1090. The molecule has 0 bridgehead atoms. The molecule has 1 heterocycles. The van der Waals surface area contributed by atoms with Gasteiger partial charge in [-0.15, -0.1) is 11.6 Å². The van der Waals surface area contributed by atoms with E-state index in [-0.39, 0.29) is 25.4 Å². The number of allylic oxidation sites excluding steroid dienone is 5. The van der Waals surface area contributed by atoms with Gasteiger partial charge in [-0.05, 0) is 85.1 Å². The number of carboxylic acid groups (broad SMARTS) is 1. The van der Waals surface area contributed by atoms with Crippen molar-refractivity contribution in [3.8, 4) is 0 Å². The SMILES string of the molecule is CC(C)=CCC/C(C)=C/CC/C(C)=C/COP(=O)(OCc1ccc([N+](=O)[O-])o1)N(CCCCCCl)CCCCC(=O)O. The molecule has 1 aromatic heterocycles. The molecule has 0 aliphatic heterocycles. The summed E-state index contributed by atoms with van der Waals surface area (Å²) in [7, 11) is -3.88. The van der Waals surface area contributed by atoms with Crippen LogP contribution in [0, 0.1) is 10.1 Å². The number of rotatable bonds is 24. The molecule has 10 nitrogen and oxygen atoms in total. The number of furan rings is 1. The lowest BCUT2D eigenvalue weighted by molar-refractivity contribution is -0.402. The van der Waals surface area contributed by atoms with E-state index >= 15 is 0 Å². The highest BCUT2D eigenvalue weighted by molar-refractivity contribution is 7.51. The molecule has 1 unspecified atom stereocenters. The summed E-state index contributed by atoms with van der Waals surface area (Å²) in [6.07, 6.45) is 13.4. The van der Waals surface area contributed by atoms with Gasteiger partial charge in [-0.1, -0.05) is 41.4 Å². The Morgan fingerprint density at radius 1 is 0.976 bits per heavy atom. The number of hydrogen-bond donors (Lipinski definition) is 1. The van der Waals surface area contributed by atoms with Crippen LogP contribution < -0.4 is 0 Å². The number of carbonyl (C=O) groups is 1. The molecule has 0 aromatic carbocycles. The minimum Gasteiger partial charge on any atom is -0.481 e. The van der Waals surface area contributed by atoms with Crippen LogP contribution >= 0.6 is 19.3 Å². The molecule has 0 aliphatic rings. The van der Waals surface area contributed by atoms with E-state index in [0.717, 1.165) is 44.1 Å². The second-order valence-electron chi connectivity index (χ2n) is 10.5. The third-order valence-corrected chi connectivity index (χ3v) is 8.73. The zero-order valence-corrected chi connectivity index (χ0v) is 27.2. The fraction of sp³-hybridized carbons (Fsp3) is 0.633. The third-order valence-electron chi connectivity index (χ3n) is 6.44. The maximum atomic E-state index is 14.2. The Labute approximate surface area is 255 Å². The maximum Gasteiger partial charge on any atom is 0.433 e. The highest BCUT2D eigenvalue weighted by Gasteiger charge is 2.34. The van der Waals surface area contributed by atoms with Crippen molar-refractivity contribution in [3.63, 3.8) is 0 Å². The van der Waals surface area contributed by atoms with Crippen LogP contribution in [0.4, 0.5) is 5.88 Å². The minimum atomic E-state index is -3.88. The van der Waals surface area contributed by atoms with Crippen LogP contribution in [0.25, 0.3) is 0 Å². The van der Waals surface area contributed by atoms with Crippen molar-refractivity contribution in [2.75, 3.05) is 25.6 Å². The van der Waals surface area contributed by atoms with E-state index in [2.05, 4.69) is 32.9 Å². The van der Waals surface area contributed by atoms with Crippen LogP contribution in [0.5, 0.6) is 0 Å². The molecule has 42 heavy (non-hydrogen) atoms. The van der Waals surface area contributed by atoms with Gasteiger partial charge in [-0.3, -0.25) is 24.0 Å². The van der Waals surface area contributed by atoms with Crippen molar-refractivity contribution in [3.05, 3.63) is 63.0 Å². The van der Waals surface area contributed by atoms with Gasteiger partial charge in [0.15, 0.2) is 0 Å². The second-order valence-corrected chi connectivity index (χ2v) is 12.9. The smallest absolute Gasteiger partial charge is 0.433 e. The van der Waals surface area contributed by atoms with Gasteiger partial charge in [-0.25, -0.2) is 9.24 Å². The van der Waals surface area contributed by atoms with E-state index < -0.39 is 24.5 Å². The molecule has 1 aromatic rings. The van der Waals surface area contributed by atoms with E-state index in [1.54, 1.807) is 4.67 Å². The van der Waals surface area contributed by atoms with E-state index in [4.69, 9.17) is 30.2 Å². The van der Waals surface area contributed by atoms with Gasteiger partial charge in [0.2, 0.25) is 0 Å². The average molecular weight is 631 g/mol. The number of unbranched alkanes of at least 4 members (excludes halogenated alkanes) is 3. The molecule has 0 amide bonds. The summed E-state index contributed by atoms with van der Waals surface area (Å²) in [5.74, 6) is -0.653. The first-order valence-electron chi connectivity index (χ1n) is 14.6. The van der Waals surface area contributed by atoms with Crippen molar-refractivity contribution >= 4 is 31.2 Å². The summed E-state index contributed by atoms with van der Waals surface area (Å²) >= 11 is 5.82. The molecule has 12 heteroatoms. The lowest BCUT2D eigenvalue weighted by atomic mass is 10.1. The number of nitro groups is 1. The maximum absolute atomic E-state index is 14.2. The molecule has 0 spiro atoms. The number of hydrogen-bond acceptors (Lipinski definition) is 7. The van der Waals surface area contributed by atoms with Crippen molar-refractivity contribution < 1.29 is 32.9 Å². The van der Waals surface area contributed by atoms with E-state index in [1.807, 2.05) is 13.0 Å². The Balaban J connectivity index is 2.95. The molecule has 1 N–H and O–H groups in total. The molecular formula is C30H48ClN2O8P.